The quantitative estimate of drug-likeness (QED) is 0.617. The first-order valence-electron chi connectivity index (χ1n) is 4.69. The molecule has 0 bridgehead atoms. The van der Waals surface area contributed by atoms with Crippen molar-refractivity contribution < 1.29 is 26.7 Å². The summed E-state index contributed by atoms with van der Waals surface area (Å²) in [7, 11) is 0. The highest BCUT2D eigenvalue weighted by molar-refractivity contribution is 6.04. The molecular formula is C10H5F5N2O. The summed E-state index contributed by atoms with van der Waals surface area (Å²) >= 11 is 0. The van der Waals surface area contributed by atoms with Crippen molar-refractivity contribution in [3.05, 3.63) is 35.9 Å². The van der Waals surface area contributed by atoms with Crippen LogP contribution in [0.15, 0.2) is 24.4 Å². The standard InChI is InChI=1S/C10H5F5N2O/c11-8(12)9-16-6(7(18)10(13,14)15)5-3-1-2-4-17(5)9/h1-4,8H. The van der Waals surface area contributed by atoms with Crippen molar-refractivity contribution in [3.8, 4) is 0 Å². The Bertz CT molecular complexity index is 602. The largest absolute Gasteiger partial charge is 0.456 e. The van der Waals surface area contributed by atoms with Gasteiger partial charge in [-0.05, 0) is 12.1 Å². The fourth-order valence-electron chi connectivity index (χ4n) is 1.52. The highest BCUT2D eigenvalue weighted by atomic mass is 19.4. The SMILES string of the molecule is O=C(c1nc(C(F)F)n2ccccc12)C(F)(F)F. The lowest BCUT2D eigenvalue weighted by molar-refractivity contribution is -0.0887. The number of alkyl halides is 5. The van der Waals surface area contributed by atoms with Crippen molar-refractivity contribution in [2.75, 3.05) is 0 Å². The van der Waals surface area contributed by atoms with E-state index in [4.69, 9.17) is 0 Å². The Hall–Kier alpha value is -1.99. The lowest BCUT2D eigenvalue weighted by Crippen LogP contribution is -2.23. The highest BCUT2D eigenvalue weighted by Gasteiger charge is 2.42. The van der Waals surface area contributed by atoms with Crippen molar-refractivity contribution in [2.45, 2.75) is 12.6 Å². The van der Waals surface area contributed by atoms with E-state index >= 15 is 0 Å². The topological polar surface area (TPSA) is 34.4 Å². The second kappa shape index (κ2) is 4.04. The average Bonchev–Trinajstić information content (AvgIpc) is 2.66. The molecule has 0 fully saturated rings. The van der Waals surface area contributed by atoms with Gasteiger partial charge < -0.3 is 0 Å². The molecule has 2 aromatic rings. The van der Waals surface area contributed by atoms with Crippen LogP contribution in [0.5, 0.6) is 0 Å². The van der Waals surface area contributed by atoms with Gasteiger partial charge in [0.2, 0.25) is 0 Å². The van der Waals surface area contributed by atoms with Gasteiger partial charge in [-0.25, -0.2) is 13.8 Å². The molecule has 0 aliphatic heterocycles. The number of Topliss-reactive ketones (excluding diaryl/α,β-unsaturated/α-hetero) is 1. The molecule has 0 aliphatic rings. The summed E-state index contributed by atoms with van der Waals surface area (Å²) in [5, 5.41) is 0. The zero-order valence-corrected chi connectivity index (χ0v) is 8.58. The number of hydrogen-bond donors (Lipinski definition) is 0. The lowest BCUT2D eigenvalue weighted by Gasteiger charge is -2.02. The van der Waals surface area contributed by atoms with E-state index in [2.05, 4.69) is 4.98 Å². The molecule has 2 heterocycles. The molecule has 0 unspecified atom stereocenters. The van der Waals surface area contributed by atoms with Crippen molar-refractivity contribution in [1.82, 2.24) is 9.38 Å². The maximum atomic E-state index is 12.6. The van der Waals surface area contributed by atoms with E-state index in [1.165, 1.54) is 12.1 Å². The molecule has 18 heavy (non-hydrogen) atoms. The zero-order valence-electron chi connectivity index (χ0n) is 8.58. The Kier molecular flexibility index (Phi) is 2.80. The van der Waals surface area contributed by atoms with Gasteiger partial charge >= 0.3 is 6.18 Å². The molecule has 0 saturated heterocycles. The zero-order chi connectivity index (χ0) is 13.5. The average molecular weight is 264 g/mol. The van der Waals surface area contributed by atoms with Crippen LogP contribution in [0.25, 0.3) is 5.52 Å². The Morgan fingerprint density at radius 2 is 1.94 bits per heavy atom. The van der Waals surface area contributed by atoms with E-state index in [1.807, 2.05) is 0 Å². The summed E-state index contributed by atoms with van der Waals surface area (Å²) in [4.78, 5) is 14.2. The monoisotopic (exact) mass is 264 g/mol. The van der Waals surface area contributed by atoms with Crippen molar-refractivity contribution >= 4 is 11.3 Å². The number of carbonyl (C=O) groups excluding carboxylic acids is 1. The van der Waals surface area contributed by atoms with E-state index in [0.717, 1.165) is 16.7 Å². The van der Waals surface area contributed by atoms with Crippen LogP contribution in [0, 0.1) is 0 Å². The van der Waals surface area contributed by atoms with E-state index in [-0.39, 0.29) is 5.52 Å². The summed E-state index contributed by atoms with van der Waals surface area (Å²) in [6.07, 6.45) is -7.10. The number of aromatic nitrogens is 2. The minimum atomic E-state index is -5.15. The highest BCUT2D eigenvalue weighted by Crippen LogP contribution is 2.27. The molecule has 0 spiro atoms. The molecule has 0 aromatic carbocycles. The molecule has 96 valence electrons. The minimum absolute atomic E-state index is 0.296. The summed E-state index contributed by atoms with van der Waals surface area (Å²) in [6.45, 7) is 0. The number of imidazole rings is 1. The maximum Gasteiger partial charge on any atom is 0.456 e. The van der Waals surface area contributed by atoms with Crippen molar-refractivity contribution in [1.29, 1.82) is 0 Å². The summed E-state index contributed by atoms with van der Waals surface area (Å²) in [5.41, 5.74) is -1.31. The molecule has 2 rings (SSSR count). The van der Waals surface area contributed by atoms with Gasteiger partial charge in [0.15, 0.2) is 5.82 Å². The number of pyridine rings is 1. The predicted molar refractivity (Wildman–Crippen MR) is 50.5 cm³/mol. The maximum absolute atomic E-state index is 12.6. The number of hydrogen-bond acceptors (Lipinski definition) is 2. The first-order valence-corrected chi connectivity index (χ1v) is 4.69. The Morgan fingerprint density at radius 1 is 1.28 bits per heavy atom. The number of ketones is 1. The van der Waals surface area contributed by atoms with Crippen LogP contribution >= 0.6 is 0 Å². The third-order valence-corrected chi connectivity index (χ3v) is 2.24. The normalized spacial score (nSPS) is 12.3. The van der Waals surface area contributed by atoms with Gasteiger partial charge in [-0.1, -0.05) is 6.07 Å². The molecule has 3 nitrogen and oxygen atoms in total. The second-order valence-electron chi connectivity index (χ2n) is 3.40. The molecular weight excluding hydrogens is 259 g/mol. The van der Waals surface area contributed by atoms with E-state index in [9.17, 15) is 26.7 Å². The molecule has 0 atom stereocenters. The van der Waals surface area contributed by atoms with Crippen molar-refractivity contribution in [3.63, 3.8) is 0 Å². The molecule has 0 amide bonds. The van der Waals surface area contributed by atoms with Crippen LogP contribution in [0.1, 0.15) is 22.7 Å². The third-order valence-electron chi connectivity index (χ3n) is 2.24. The van der Waals surface area contributed by atoms with E-state index in [1.54, 1.807) is 0 Å². The second-order valence-corrected chi connectivity index (χ2v) is 3.40. The molecule has 0 aliphatic carbocycles. The van der Waals surface area contributed by atoms with Crippen LogP contribution in [0.2, 0.25) is 0 Å². The Balaban J connectivity index is 2.69. The lowest BCUT2D eigenvalue weighted by atomic mass is 10.2. The van der Waals surface area contributed by atoms with Gasteiger partial charge in [-0.15, -0.1) is 0 Å². The van der Waals surface area contributed by atoms with Gasteiger partial charge in [0.05, 0.1) is 5.52 Å². The van der Waals surface area contributed by atoms with Gasteiger partial charge in [0.25, 0.3) is 12.2 Å². The number of carbonyl (C=O) groups is 1. The Morgan fingerprint density at radius 3 is 2.50 bits per heavy atom. The van der Waals surface area contributed by atoms with Crippen molar-refractivity contribution in [2.24, 2.45) is 0 Å². The summed E-state index contributed by atoms with van der Waals surface area (Å²) < 4.78 is 62.8. The number of rotatable bonds is 2. The Labute approximate surface area is 96.9 Å². The smallest absolute Gasteiger partial charge is 0.298 e. The fraction of sp³-hybridized carbons (Fsp3) is 0.200. The summed E-state index contributed by atoms with van der Waals surface area (Å²) in [6, 6.07) is 3.81. The van der Waals surface area contributed by atoms with Gasteiger partial charge in [0, 0.05) is 6.20 Å². The number of halogens is 5. The van der Waals surface area contributed by atoms with Crippen LogP contribution in [-0.4, -0.2) is 21.3 Å². The molecule has 0 saturated carbocycles. The molecule has 0 N–H and O–H groups in total. The number of nitrogens with zero attached hydrogens (tertiary/aromatic N) is 2. The van der Waals surface area contributed by atoms with E-state index < -0.39 is 29.9 Å². The van der Waals surface area contributed by atoms with E-state index in [0.29, 0.717) is 0 Å². The first kappa shape index (κ1) is 12.5. The number of fused-ring (bicyclic) bond motifs is 1. The fourth-order valence-corrected chi connectivity index (χ4v) is 1.52. The predicted octanol–water partition coefficient (Wildman–Crippen LogP) is 3.02. The molecule has 0 radical (unpaired) electrons. The van der Waals surface area contributed by atoms with Crippen LogP contribution in [0.4, 0.5) is 22.0 Å². The van der Waals surface area contributed by atoms with Gasteiger partial charge in [-0.2, -0.15) is 13.2 Å². The van der Waals surface area contributed by atoms with Crippen LogP contribution in [0.3, 0.4) is 0 Å². The van der Waals surface area contributed by atoms with Crippen LogP contribution < -0.4 is 0 Å². The minimum Gasteiger partial charge on any atom is -0.298 e. The molecule has 8 heteroatoms. The van der Waals surface area contributed by atoms with Gasteiger partial charge in [-0.3, -0.25) is 9.20 Å². The molecule has 2 aromatic heterocycles. The van der Waals surface area contributed by atoms with Gasteiger partial charge in [0.1, 0.15) is 5.69 Å². The van der Waals surface area contributed by atoms with Crippen LogP contribution in [-0.2, 0) is 0 Å². The first-order chi connectivity index (χ1) is 8.32. The third kappa shape index (κ3) is 1.93. The summed E-state index contributed by atoms with van der Waals surface area (Å²) in [5.74, 6) is -3.13.